The van der Waals surface area contributed by atoms with Gasteiger partial charge in [-0.1, -0.05) is 42.5 Å². The number of alkyl halides is 6. The predicted octanol–water partition coefficient (Wildman–Crippen LogP) is 6.46. The number of carbonyl (C=O) groups excluding carboxylic acids is 1. The van der Waals surface area contributed by atoms with E-state index in [9.17, 15) is 31.1 Å². The van der Waals surface area contributed by atoms with Crippen molar-refractivity contribution in [2.45, 2.75) is 24.8 Å². The molecule has 2 amide bonds. The summed E-state index contributed by atoms with van der Waals surface area (Å²) in [5, 5.41) is 4.77. The molecule has 0 aliphatic carbocycles. The first-order valence-corrected chi connectivity index (χ1v) is 13.4. The molecule has 6 nitrogen and oxygen atoms in total. The zero-order valence-corrected chi connectivity index (χ0v) is 22.9. The summed E-state index contributed by atoms with van der Waals surface area (Å²) in [6, 6.07) is 17.2. The van der Waals surface area contributed by atoms with Crippen molar-refractivity contribution in [1.29, 1.82) is 0 Å². The van der Waals surface area contributed by atoms with E-state index in [4.69, 9.17) is 4.74 Å². The first-order chi connectivity index (χ1) is 19.9. The second kappa shape index (κ2) is 13.5. The molecule has 1 fully saturated rings. The van der Waals surface area contributed by atoms with Gasteiger partial charge in [0.2, 0.25) is 0 Å². The molecule has 0 bridgehead atoms. The number of nitrogens with zero attached hydrogens (tertiary/aromatic N) is 2. The Morgan fingerprint density at radius 3 is 2.00 bits per heavy atom. The van der Waals surface area contributed by atoms with E-state index in [1.54, 1.807) is 7.11 Å². The Morgan fingerprint density at radius 1 is 0.857 bits per heavy atom. The standard InChI is InChI=1S/C30H32F6N4O2/c1-42-26-9-7-21(8-10-26)11-12-39-13-15-40(16-14-39)27(22-5-3-2-4-6-22)20-37-28(41)38-25-18-23(29(31,32)33)17-24(19-25)30(34,35)36/h2-10,17-19,27H,11-16,20H2,1H3,(H2,37,38,41). The maximum absolute atomic E-state index is 13.2. The van der Waals surface area contributed by atoms with Crippen LogP contribution in [0.1, 0.15) is 28.3 Å². The molecule has 42 heavy (non-hydrogen) atoms. The van der Waals surface area contributed by atoms with E-state index in [0.29, 0.717) is 25.2 Å². The van der Waals surface area contributed by atoms with Gasteiger partial charge in [-0.2, -0.15) is 26.3 Å². The molecule has 0 aromatic heterocycles. The number of methoxy groups -OCH3 is 1. The van der Waals surface area contributed by atoms with Crippen molar-refractivity contribution >= 4 is 11.7 Å². The monoisotopic (exact) mass is 594 g/mol. The van der Waals surface area contributed by atoms with Crippen LogP contribution in [0.3, 0.4) is 0 Å². The zero-order valence-electron chi connectivity index (χ0n) is 22.9. The van der Waals surface area contributed by atoms with E-state index in [0.717, 1.165) is 37.4 Å². The molecule has 1 aliphatic rings. The Labute approximate surface area is 240 Å². The second-order valence-electron chi connectivity index (χ2n) is 10.0. The molecule has 2 N–H and O–H groups in total. The molecule has 1 aliphatic heterocycles. The van der Waals surface area contributed by atoms with Crippen LogP contribution in [-0.4, -0.2) is 62.2 Å². The van der Waals surface area contributed by atoms with E-state index >= 15 is 0 Å². The van der Waals surface area contributed by atoms with Crippen molar-refractivity contribution < 1.29 is 35.9 Å². The first kappa shape index (κ1) is 31.2. The third-order valence-electron chi connectivity index (χ3n) is 7.21. The van der Waals surface area contributed by atoms with Crippen LogP contribution in [-0.2, 0) is 18.8 Å². The highest BCUT2D eigenvalue weighted by atomic mass is 19.4. The van der Waals surface area contributed by atoms with Crippen molar-refractivity contribution in [2.75, 3.05) is 51.7 Å². The smallest absolute Gasteiger partial charge is 0.416 e. The number of carbonyl (C=O) groups is 1. The van der Waals surface area contributed by atoms with Gasteiger partial charge < -0.3 is 20.3 Å². The zero-order chi connectivity index (χ0) is 30.3. The molecule has 1 atom stereocenters. The lowest BCUT2D eigenvalue weighted by molar-refractivity contribution is -0.143. The summed E-state index contributed by atoms with van der Waals surface area (Å²) in [6.45, 7) is 4.02. The molecule has 1 unspecified atom stereocenters. The van der Waals surface area contributed by atoms with Crippen molar-refractivity contribution in [3.05, 3.63) is 95.1 Å². The summed E-state index contributed by atoms with van der Waals surface area (Å²) < 4.78 is 84.4. The van der Waals surface area contributed by atoms with Crippen molar-refractivity contribution in [1.82, 2.24) is 15.1 Å². The highest BCUT2D eigenvalue weighted by Gasteiger charge is 2.37. The minimum Gasteiger partial charge on any atom is -0.497 e. The fraction of sp³-hybridized carbons (Fsp3) is 0.367. The van der Waals surface area contributed by atoms with E-state index in [2.05, 4.69) is 20.4 Å². The van der Waals surface area contributed by atoms with Gasteiger partial charge in [-0.25, -0.2) is 4.79 Å². The number of hydrogen-bond acceptors (Lipinski definition) is 4. The van der Waals surface area contributed by atoms with Crippen LogP contribution < -0.4 is 15.4 Å². The lowest BCUT2D eigenvalue weighted by Gasteiger charge is -2.39. The normalized spacial score (nSPS) is 15.7. The van der Waals surface area contributed by atoms with Crippen LogP contribution in [0.5, 0.6) is 5.75 Å². The maximum Gasteiger partial charge on any atom is 0.416 e. The topological polar surface area (TPSA) is 56.8 Å². The van der Waals surface area contributed by atoms with Gasteiger partial charge >= 0.3 is 18.4 Å². The van der Waals surface area contributed by atoms with Gasteiger partial charge in [0.25, 0.3) is 0 Å². The number of nitrogens with one attached hydrogen (secondary N) is 2. The highest BCUT2D eigenvalue weighted by molar-refractivity contribution is 5.89. The number of amides is 2. The molecule has 3 aromatic rings. The average molecular weight is 595 g/mol. The number of rotatable bonds is 9. The Bertz CT molecular complexity index is 1280. The van der Waals surface area contributed by atoms with Crippen LogP contribution in [0.2, 0.25) is 0 Å². The fourth-order valence-electron chi connectivity index (χ4n) is 4.90. The van der Waals surface area contributed by atoms with Crippen molar-refractivity contribution in [3.8, 4) is 5.75 Å². The molecule has 0 saturated carbocycles. The number of hydrogen-bond donors (Lipinski definition) is 2. The number of ether oxygens (including phenoxy) is 1. The van der Waals surface area contributed by atoms with Crippen LogP contribution in [0.4, 0.5) is 36.8 Å². The SMILES string of the molecule is COc1ccc(CCN2CCN(C(CNC(=O)Nc3cc(C(F)(F)F)cc(C(F)(F)F)c3)c3ccccc3)CC2)cc1. The Balaban J connectivity index is 1.37. The first-order valence-electron chi connectivity index (χ1n) is 13.4. The molecule has 226 valence electrons. The van der Waals surface area contributed by atoms with Crippen LogP contribution >= 0.6 is 0 Å². The minimum absolute atomic E-state index is 0.0190. The molecule has 12 heteroatoms. The Hall–Kier alpha value is -3.77. The Kier molecular flexibility index (Phi) is 10.00. The van der Waals surface area contributed by atoms with Crippen molar-refractivity contribution in [2.24, 2.45) is 0 Å². The van der Waals surface area contributed by atoms with E-state index < -0.39 is 35.2 Å². The quantitative estimate of drug-likeness (QED) is 0.280. The Morgan fingerprint density at radius 2 is 1.45 bits per heavy atom. The predicted molar refractivity (Wildman–Crippen MR) is 147 cm³/mol. The van der Waals surface area contributed by atoms with Gasteiger partial charge in [0.1, 0.15) is 5.75 Å². The average Bonchev–Trinajstić information content (AvgIpc) is 2.96. The van der Waals surface area contributed by atoms with Gasteiger partial charge in [0, 0.05) is 45.0 Å². The number of benzene rings is 3. The van der Waals surface area contributed by atoms with Crippen LogP contribution in [0, 0.1) is 0 Å². The molecular weight excluding hydrogens is 562 g/mol. The number of halogens is 6. The van der Waals surface area contributed by atoms with Gasteiger partial charge in [-0.3, -0.25) is 4.90 Å². The number of urea groups is 1. The van der Waals surface area contributed by atoms with Crippen molar-refractivity contribution in [3.63, 3.8) is 0 Å². The summed E-state index contributed by atoms with van der Waals surface area (Å²) in [6.07, 6.45) is -9.13. The lowest BCUT2D eigenvalue weighted by Crippen LogP contribution is -2.50. The second-order valence-corrected chi connectivity index (χ2v) is 10.0. The maximum atomic E-state index is 13.2. The largest absolute Gasteiger partial charge is 0.497 e. The van der Waals surface area contributed by atoms with Crippen LogP contribution in [0.15, 0.2) is 72.8 Å². The molecule has 1 heterocycles. The highest BCUT2D eigenvalue weighted by Crippen LogP contribution is 2.37. The summed E-state index contributed by atoms with van der Waals surface area (Å²) in [4.78, 5) is 17.2. The lowest BCUT2D eigenvalue weighted by atomic mass is 10.0. The molecule has 1 saturated heterocycles. The van der Waals surface area contributed by atoms with E-state index in [-0.39, 0.29) is 18.7 Å². The van der Waals surface area contributed by atoms with Gasteiger partial charge in [-0.05, 0) is 47.9 Å². The third kappa shape index (κ3) is 8.62. The van der Waals surface area contributed by atoms with Crippen LogP contribution in [0.25, 0.3) is 0 Å². The minimum atomic E-state index is -5.01. The summed E-state index contributed by atoms with van der Waals surface area (Å²) >= 11 is 0. The molecular formula is C30H32F6N4O2. The fourth-order valence-corrected chi connectivity index (χ4v) is 4.90. The molecule has 0 spiro atoms. The third-order valence-corrected chi connectivity index (χ3v) is 7.21. The summed E-state index contributed by atoms with van der Waals surface area (Å²) in [7, 11) is 1.63. The summed E-state index contributed by atoms with van der Waals surface area (Å²) in [5.41, 5.74) is -1.46. The summed E-state index contributed by atoms with van der Waals surface area (Å²) in [5.74, 6) is 0.808. The van der Waals surface area contributed by atoms with Gasteiger partial charge in [0.15, 0.2) is 0 Å². The number of piperazine rings is 1. The van der Waals surface area contributed by atoms with Gasteiger partial charge in [-0.15, -0.1) is 0 Å². The van der Waals surface area contributed by atoms with E-state index in [1.807, 2.05) is 54.6 Å². The number of anilines is 1. The molecule has 3 aromatic carbocycles. The molecule has 0 radical (unpaired) electrons. The van der Waals surface area contributed by atoms with Gasteiger partial charge in [0.05, 0.1) is 24.3 Å². The van der Waals surface area contributed by atoms with E-state index in [1.165, 1.54) is 5.56 Å². The molecule has 4 rings (SSSR count).